The molecule has 0 saturated heterocycles. The first-order chi connectivity index (χ1) is 10.6. The fourth-order valence-corrected chi connectivity index (χ4v) is 2.78. The lowest BCUT2D eigenvalue weighted by atomic mass is 10.3. The normalized spacial score (nSPS) is 14.1. The second-order valence-corrected chi connectivity index (χ2v) is 5.79. The maximum atomic E-state index is 13.4. The first-order valence-corrected chi connectivity index (χ1v) is 7.58. The topological polar surface area (TPSA) is 79.8 Å². The predicted octanol–water partition coefficient (Wildman–Crippen LogP) is 1.92. The number of amides is 1. The molecule has 0 spiro atoms. The van der Waals surface area contributed by atoms with Gasteiger partial charge in [-0.15, -0.1) is 5.10 Å². The molecule has 0 aliphatic heterocycles. The summed E-state index contributed by atoms with van der Waals surface area (Å²) in [4.78, 5) is 23.4. The average molecular weight is 326 g/mol. The number of H-pyrrole nitrogens is 1. The van der Waals surface area contributed by atoms with Crippen LogP contribution in [0.2, 0.25) is 0 Å². The molecule has 1 aromatic heterocycles. The maximum Gasteiger partial charge on any atom is 0.344 e. The molecule has 1 aliphatic carbocycles. The highest BCUT2D eigenvalue weighted by Gasteiger charge is 2.28. The van der Waals surface area contributed by atoms with Crippen molar-refractivity contribution in [1.82, 2.24) is 14.8 Å². The molecule has 2 N–H and O–H groups in total. The highest BCUT2D eigenvalue weighted by atomic mass is 32.2. The Balaban J connectivity index is 1.65. The van der Waals surface area contributed by atoms with E-state index < -0.39 is 23.2 Å². The zero-order chi connectivity index (χ0) is 15.7. The van der Waals surface area contributed by atoms with Crippen LogP contribution < -0.4 is 11.0 Å². The Morgan fingerprint density at radius 3 is 2.73 bits per heavy atom. The van der Waals surface area contributed by atoms with Gasteiger partial charge in [0, 0.05) is 6.04 Å². The van der Waals surface area contributed by atoms with Crippen molar-refractivity contribution in [3.63, 3.8) is 0 Å². The van der Waals surface area contributed by atoms with Gasteiger partial charge in [-0.05, 0) is 25.0 Å². The van der Waals surface area contributed by atoms with Crippen LogP contribution in [0.3, 0.4) is 0 Å². The Morgan fingerprint density at radius 2 is 2.09 bits per heavy atom. The molecule has 6 nitrogen and oxygen atoms in total. The number of anilines is 1. The quantitative estimate of drug-likeness (QED) is 0.823. The molecular weight excluding hydrogens is 314 g/mol. The minimum Gasteiger partial charge on any atom is -0.320 e. The Morgan fingerprint density at radius 1 is 1.41 bits per heavy atom. The van der Waals surface area contributed by atoms with Gasteiger partial charge in [0.05, 0.1) is 5.75 Å². The Hall–Kier alpha value is -2.16. The van der Waals surface area contributed by atoms with Gasteiger partial charge >= 0.3 is 5.69 Å². The van der Waals surface area contributed by atoms with E-state index >= 15 is 0 Å². The van der Waals surface area contributed by atoms with Crippen LogP contribution in [0.4, 0.5) is 14.5 Å². The van der Waals surface area contributed by atoms with Crippen molar-refractivity contribution in [3.8, 4) is 0 Å². The molecule has 22 heavy (non-hydrogen) atoms. The van der Waals surface area contributed by atoms with Crippen LogP contribution >= 0.6 is 11.8 Å². The molecule has 0 radical (unpaired) electrons. The Kier molecular flexibility index (Phi) is 3.97. The first kappa shape index (κ1) is 14.8. The fraction of sp³-hybridized carbons (Fsp3) is 0.308. The summed E-state index contributed by atoms with van der Waals surface area (Å²) >= 11 is 1.04. The molecule has 1 heterocycles. The van der Waals surface area contributed by atoms with Crippen LogP contribution in [-0.2, 0) is 4.79 Å². The van der Waals surface area contributed by atoms with Gasteiger partial charge in [0.2, 0.25) is 5.91 Å². The van der Waals surface area contributed by atoms with Crippen LogP contribution in [0.1, 0.15) is 18.9 Å². The SMILES string of the molecule is O=C(CSc1n[nH]c(=O)n1C1CC1)Nc1c(F)cccc1F. The molecule has 1 fully saturated rings. The van der Waals surface area contributed by atoms with Crippen molar-refractivity contribution >= 4 is 23.4 Å². The number of benzene rings is 1. The Labute approximate surface area is 127 Å². The lowest BCUT2D eigenvalue weighted by molar-refractivity contribution is -0.113. The van der Waals surface area contributed by atoms with Gasteiger partial charge in [0.15, 0.2) is 5.16 Å². The number of nitrogens with zero attached hydrogens (tertiary/aromatic N) is 2. The zero-order valence-electron chi connectivity index (χ0n) is 11.3. The second-order valence-electron chi connectivity index (χ2n) is 4.85. The van der Waals surface area contributed by atoms with Gasteiger partial charge in [-0.2, -0.15) is 0 Å². The smallest absolute Gasteiger partial charge is 0.320 e. The van der Waals surface area contributed by atoms with E-state index in [1.165, 1.54) is 10.6 Å². The monoisotopic (exact) mass is 326 g/mol. The molecule has 9 heteroatoms. The van der Waals surface area contributed by atoms with E-state index in [9.17, 15) is 18.4 Å². The summed E-state index contributed by atoms with van der Waals surface area (Å²) in [6, 6.07) is 3.46. The number of hydrogen-bond acceptors (Lipinski definition) is 4. The number of nitrogens with one attached hydrogen (secondary N) is 2. The molecule has 3 rings (SSSR count). The van der Waals surface area contributed by atoms with Crippen LogP contribution in [0.15, 0.2) is 28.2 Å². The molecule has 1 amide bonds. The summed E-state index contributed by atoms with van der Waals surface area (Å²) in [5, 5.41) is 8.77. The lowest BCUT2D eigenvalue weighted by Crippen LogP contribution is -2.18. The van der Waals surface area contributed by atoms with Gasteiger partial charge in [-0.25, -0.2) is 18.7 Å². The van der Waals surface area contributed by atoms with Crippen molar-refractivity contribution in [2.45, 2.75) is 24.0 Å². The minimum absolute atomic E-state index is 0.106. The molecule has 0 atom stereocenters. The number of carbonyl (C=O) groups excluding carboxylic acids is 1. The number of rotatable bonds is 5. The number of hydrogen-bond donors (Lipinski definition) is 2. The summed E-state index contributed by atoms with van der Waals surface area (Å²) < 4.78 is 28.4. The van der Waals surface area contributed by atoms with Gasteiger partial charge in [-0.3, -0.25) is 9.36 Å². The molecule has 1 aromatic carbocycles. The van der Waals surface area contributed by atoms with Gasteiger partial charge in [0.1, 0.15) is 17.3 Å². The fourth-order valence-electron chi connectivity index (χ4n) is 1.97. The third-order valence-corrected chi connectivity index (χ3v) is 4.10. The maximum absolute atomic E-state index is 13.4. The van der Waals surface area contributed by atoms with Crippen molar-refractivity contribution in [1.29, 1.82) is 0 Å². The highest BCUT2D eigenvalue weighted by molar-refractivity contribution is 7.99. The summed E-state index contributed by atoms with van der Waals surface area (Å²) in [5.74, 6) is -2.36. The number of aromatic amines is 1. The van der Waals surface area contributed by atoms with E-state index in [2.05, 4.69) is 15.5 Å². The van der Waals surface area contributed by atoms with Crippen molar-refractivity contribution in [2.75, 3.05) is 11.1 Å². The lowest BCUT2D eigenvalue weighted by Gasteiger charge is -2.07. The van der Waals surface area contributed by atoms with E-state index in [1.54, 1.807) is 0 Å². The van der Waals surface area contributed by atoms with Crippen LogP contribution in [0.25, 0.3) is 0 Å². The molecule has 0 unspecified atom stereocenters. The minimum atomic E-state index is -0.840. The molecular formula is C13H12F2N4O2S. The number of carbonyl (C=O) groups is 1. The molecule has 2 aromatic rings. The van der Waals surface area contributed by atoms with Gasteiger partial charge in [0.25, 0.3) is 0 Å². The highest BCUT2D eigenvalue weighted by Crippen LogP contribution is 2.36. The van der Waals surface area contributed by atoms with Crippen molar-refractivity contribution in [3.05, 3.63) is 40.3 Å². The number of thioether (sulfide) groups is 1. The number of halogens is 2. The summed E-state index contributed by atoms with van der Waals surface area (Å²) in [6.45, 7) is 0. The van der Waals surface area contributed by atoms with Crippen molar-refractivity contribution in [2.24, 2.45) is 0 Å². The standard InChI is InChI=1S/C13H12F2N4O2S/c14-8-2-1-3-9(15)11(8)16-10(20)6-22-13-18-17-12(21)19(13)7-4-5-7/h1-3,7H,4-6H2,(H,16,20)(H,17,21). The predicted molar refractivity (Wildman–Crippen MR) is 76.8 cm³/mol. The third kappa shape index (κ3) is 3.03. The van der Waals surface area contributed by atoms with E-state index in [0.29, 0.717) is 5.16 Å². The van der Waals surface area contributed by atoms with E-state index in [4.69, 9.17) is 0 Å². The number of para-hydroxylation sites is 1. The summed E-state index contributed by atoms with van der Waals surface area (Å²) in [6.07, 6.45) is 1.80. The Bertz CT molecular complexity index is 749. The molecule has 1 saturated carbocycles. The van der Waals surface area contributed by atoms with E-state index in [-0.39, 0.29) is 17.5 Å². The second kappa shape index (κ2) is 5.91. The number of aromatic nitrogens is 3. The summed E-state index contributed by atoms with van der Waals surface area (Å²) in [7, 11) is 0. The van der Waals surface area contributed by atoms with Crippen LogP contribution in [0.5, 0.6) is 0 Å². The summed E-state index contributed by atoms with van der Waals surface area (Å²) in [5.41, 5.74) is -0.791. The van der Waals surface area contributed by atoms with E-state index in [1.807, 2.05) is 0 Å². The first-order valence-electron chi connectivity index (χ1n) is 6.60. The average Bonchev–Trinajstić information content (AvgIpc) is 3.24. The molecule has 116 valence electrons. The van der Waals surface area contributed by atoms with Crippen LogP contribution in [-0.4, -0.2) is 26.4 Å². The molecule has 0 bridgehead atoms. The zero-order valence-corrected chi connectivity index (χ0v) is 12.1. The van der Waals surface area contributed by atoms with E-state index in [0.717, 1.165) is 36.7 Å². The van der Waals surface area contributed by atoms with Crippen molar-refractivity contribution < 1.29 is 13.6 Å². The largest absolute Gasteiger partial charge is 0.344 e. The van der Waals surface area contributed by atoms with Crippen LogP contribution in [0, 0.1) is 11.6 Å². The third-order valence-electron chi connectivity index (χ3n) is 3.14. The van der Waals surface area contributed by atoms with Gasteiger partial charge < -0.3 is 5.32 Å². The van der Waals surface area contributed by atoms with Gasteiger partial charge in [-0.1, -0.05) is 17.8 Å². The molecule has 1 aliphatic rings.